The van der Waals surface area contributed by atoms with Crippen LogP contribution in [0.1, 0.15) is 5.89 Å². The van der Waals surface area contributed by atoms with E-state index in [4.69, 9.17) is 32.4 Å². The van der Waals surface area contributed by atoms with Crippen molar-refractivity contribution >= 4 is 28.9 Å². The van der Waals surface area contributed by atoms with Gasteiger partial charge in [0.15, 0.2) is 0 Å². The number of methoxy groups -OCH3 is 1. The lowest BCUT2D eigenvalue weighted by Gasteiger charge is -2.07. The second-order valence-electron chi connectivity index (χ2n) is 4.68. The third-order valence-electron chi connectivity index (χ3n) is 3.17. The highest BCUT2D eigenvalue weighted by Gasteiger charge is 2.11. The zero-order valence-corrected chi connectivity index (χ0v) is 13.7. The van der Waals surface area contributed by atoms with E-state index >= 15 is 0 Å². The van der Waals surface area contributed by atoms with E-state index in [1.165, 1.54) is 0 Å². The van der Waals surface area contributed by atoms with E-state index in [0.717, 1.165) is 5.69 Å². The van der Waals surface area contributed by atoms with Gasteiger partial charge >= 0.3 is 0 Å². The molecule has 5 nitrogen and oxygen atoms in total. The van der Waals surface area contributed by atoms with Gasteiger partial charge in [-0.3, -0.25) is 0 Å². The quantitative estimate of drug-likeness (QED) is 0.725. The minimum Gasteiger partial charge on any atom is -0.495 e. The third-order valence-corrected chi connectivity index (χ3v) is 3.79. The van der Waals surface area contributed by atoms with Gasteiger partial charge in [0.25, 0.3) is 0 Å². The Labute approximate surface area is 143 Å². The van der Waals surface area contributed by atoms with Crippen LogP contribution in [0.2, 0.25) is 10.0 Å². The molecule has 23 heavy (non-hydrogen) atoms. The summed E-state index contributed by atoms with van der Waals surface area (Å²) >= 11 is 12.2. The van der Waals surface area contributed by atoms with Crippen LogP contribution in [0, 0.1) is 0 Å². The fraction of sp³-hybridized carbons (Fsp3) is 0.125. The van der Waals surface area contributed by atoms with Gasteiger partial charge in [0.05, 0.1) is 29.3 Å². The molecule has 0 aliphatic rings. The van der Waals surface area contributed by atoms with Crippen molar-refractivity contribution < 1.29 is 9.15 Å². The van der Waals surface area contributed by atoms with Crippen molar-refractivity contribution in [1.29, 1.82) is 0 Å². The third kappa shape index (κ3) is 3.57. The Morgan fingerprint density at radius 2 is 1.91 bits per heavy atom. The summed E-state index contributed by atoms with van der Waals surface area (Å²) in [5.74, 6) is 1.46. The topological polar surface area (TPSA) is 60.2 Å². The number of aromatic nitrogens is 2. The predicted octanol–water partition coefficient (Wildman–Crippen LogP) is 4.66. The fourth-order valence-electron chi connectivity index (χ4n) is 2.02. The smallest absolute Gasteiger partial charge is 0.249 e. The Morgan fingerprint density at radius 1 is 1.09 bits per heavy atom. The van der Waals surface area contributed by atoms with E-state index in [9.17, 15) is 0 Å². The summed E-state index contributed by atoms with van der Waals surface area (Å²) in [6.07, 6.45) is 0. The van der Waals surface area contributed by atoms with Gasteiger partial charge in [-0.05, 0) is 30.3 Å². The summed E-state index contributed by atoms with van der Waals surface area (Å²) in [7, 11) is 1.57. The van der Waals surface area contributed by atoms with E-state index in [2.05, 4.69) is 15.5 Å². The standard InChI is InChI=1S/C16H13Cl2N3O2/c1-22-14-7-6-10(8-13(14)18)19-9-15-20-21-16(23-15)11-4-2-3-5-12(11)17/h2-8,19H,9H2,1H3. The first kappa shape index (κ1) is 15.6. The number of anilines is 1. The highest BCUT2D eigenvalue weighted by atomic mass is 35.5. The molecule has 0 aliphatic heterocycles. The Balaban J connectivity index is 1.70. The van der Waals surface area contributed by atoms with Crippen LogP contribution in [-0.4, -0.2) is 17.3 Å². The molecule has 0 amide bonds. The summed E-state index contributed by atoms with van der Waals surface area (Å²) in [4.78, 5) is 0. The van der Waals surface area contributed by atoms with Crippen molar-refractivity contribution in [3.63, 3.8) is 0 Å². The highest BCUT2D eigenvalue weighted by Crippen LogP contribution is 2.28. The number of halogens is 2. The van der Waals surface area contributed by atoms with Crippen molar-refractivity contribution in [3.05, 3.63) is 58.4 Å². The lowest BCUT2D eigenvalue weighted by atomic mass is 10.2. The molecule has 1 heterocycles. The summed E-state index contributed by atoms with van der Waals surface area (Å²) < 4.78 is 10.7. The molecule has 0 fully saturated rings. The number of ether oxygens (including phenoxy) is 1. The van der Waals surface area contributed by atoms with Crippen molar-refractivity contribution in [2.45, 2.75) is 6.54 Å². The van der Waals surface area contributed by atoms with Crippen LogP contribution >= 0.6 is 23.2 Å². The maximum atomic E-state index is 6.12. The molecule has 3 aromatic rings. The molecular formula is C16H13Cl2N3O2. The van der Waals surface area contributed by atoms with E-state index in [1.807, 2.05) is 24.3 Å². The van der Waals surface area contributed by atoms with Gasteiger partial charge in [0.1, 0.15) is 5.75 Å². The zero-order chi connectivity index (χ0) is 16.2. The first-order chi connectivity index (χ1) is 11.2. The first-order valence-electron chi connectivity index (χ1n) is 6.82. The molecular weight excluding hydrogens is 337 g/mol. The minimum atomic E-state index is 0.375. The molecule has 0 atom stereocenters. The molecule has 0 spiro atoms. The van der Waals surface area contributed by atoms with E-state index in [-0.39, 0.29) is 0 Å². The van der Waals surface area contributed by atoms with E-state index in [0.29, 0.717) is 39.7 Å². The Hall–Kier alpha value is -2.24. The average molecular weight is 350 g/mol. The maximum absolute atomic E-state index is 6.12. The number of hydrogen-bond donors (Lipinski definition) is 1. The van der Waals surface area contributed by atoms with Crippen LogP contribution in [0.25, 0.3) is 11.5 Å². The molecule has 1 aromatic heterocycles. The molecule has 0 saturated carbocycles. The largest absolute Gasteiger partial charge is 0.495 e. The Bertz CT molecular complexity index is 821. The Kier molecular flexibility index (Phi) is 4.69. The van der Waals surface area contributed by atoms with E-state index in [1.54, 1.807) is 25.3 Å². The van der Waals surface area contributed by atoms with Crippen LogP contribution in [0.4, 0.5) is 5.69 Å². The second-order valence-corrected chi connectivity index (χ2v) is 5.50. The zero-order valence-electron chi connectivity index (χ0n) is 12.2. The normalized spacial score (nSPS) is 10.6. The molecule has 2 aromatic carbocycles. The van der Waals surface area contributed by atoms with Crippen LogP contribution in [0.3, 0.4) is 0 Å². The molecule has 118 valence electrons. The van der Waals surface area contributed by atoms with Gasteiger partial charge in [0, 0.05) is 5.69 Å². The van der Waals surface area contributed by atoms with Gasteiger partial charge in [-0.2, -0.15) is 0 Å². The monoisotopic (exact) mass is 349 g/mol. The SMILES string of the molecule is COc1ccc(NCc2nnc(-c3ccccc3Cl)o2)cc1Cl. The lowest BCUT2D eigenvalue weighted by molar-refractivity contribution is 0.415. The number of benzene rings is 2. The van der Waals surface area contributed by atoms with Gasteiger partial charge in [-0.25, -0.2) is 0 Å². The number of rotatable bonds is 5. The van der Waals surface area contributed by atoms with Crippen molar-refractivity contribution in [2.24, 2.45) is 0 Å². The average Bonchev–Trinajstić information content (AvgIpc) is 3.02. The van der Waals surface area contributed by atoms with Gasteiger partial charge < -0.3 is 14.5 Å². The molecule has 0 unspecified atom stereocenters. The highest BCUT2D eigenvalue weighted by molar-refractivity contribution is 6.33. The van der Waals surface area contributed by atoms with Gasteiger partial charge in [-0.1, -0.05) is 35.3 Å². The van der Waals surface area contributed by atoms with Crippen LogP contribution in [0.15, 0.2) is 46.9 Å². The van der Waals surface area contributed by atoms with Crippen LogP contribution in [0.5, 0.6) is 5.75 Å². The van der Waals surface area contributed by atoms with Crippen molar-refractivity contribution in [2.75, 3.05) is 12.4 Å². The predicted molar refractivity (Wildman–Crippen MR) is 90.1 cm³/mol. The van der Waals surface area contributed by atoms with Gasteiger partial charge in [-0.15, -0.1) is 10.2 Å². The number of nitrogens with one attached hydrogen (secondary N) is 1. The summed E-state index contributed by atoms with van der Waals surface area (Å²) in [5, 5.41) is 12.3. The molecule has 0 saturated heterocycles. The van der Waals surface area contributed by atoms with Crippen molar-refractivity contribution in [3.8, 4) is 17.2 Å². The minimum absolute atomic E-state index is 0.375. The summed E-state index contributed by atoms with van der Waals surface area (Å²) in [5.41, 5.74) is 1.54. The van der Waals surface area contributed by atoms with Crippen molar-refractivity contribution in [1.82, 2.24) is 10.2 Å². The number of nitrogens with zero attached hydrogens (tertiary/aromatic N) is 2. The molecule has 0 bridgehead atoms. The summed E-state index contributed by atoms with van der Waals surface area (Å²) in [6, 6.07) is 12.7. The molecule has 7 heteroatoms. The molecule has 3 rings (SSSR count). The molecule has 0 radical (unpaired) electrons. The fourth-order valence-corrected chi connectivity index (χ4v) is 2.50. The van der Waals surface area contributed by atoms with Crippen LogP contribution < -0.4 is 10.1 Å². The summed E-state index contributed by atoms with van der Waals surface area (Å²) in [6.45, 7) is 0.375. The van der Waals surface area contributed by atoms with E-state index < -0.39 is 0 Å². The maximum Gasteiger partial charge on any atom is 0.249 e. The van der Waals surface area contributed by atoms with Crippen LogP contribution in [-0.2, 0) is 6.54 Å². The molecule has 1 N–H and O–H groups in total. The lowest BCUT2D eigenvalue weighted by Crippen LogP contribution is -1.99. The number of hydrogen-bond acceptors (Lipinski definition) is 5. The van der Waals surface area contributed by atoms with Gasteiger partial charge in [0.2, 0.25) is 11.8 Å². The first-order valence-corrected chi connectivity index (χ1v) is 7.57. The Morgan fingerprint density at radius 3 is 2.65 bits per heavy atom. The second kappa shape index (κ2) is 6.89. The molecule has 0 aliphatic carbocycles.